The van der Waals surface area contributed by atoms with Crippen LogP contribution in [0.2, 0.25) is 0 Å². The van der Waals surface area contributed by atoms with Gasteiger partial charge in [-0.1, -0.05) is 28.1 Å². The van der Waals surface area contributed by atoms with E-state index in [0.717, 1.165) is 22.7 Å². The maximum atomic E-state index is 4.26. The van der Waals surface area contributed by atoms with Crippen molar-refractivity contribution < 1.29 is 0 Å². The van der Waals surface area contributed by atoms with Crippen LogP contribution in [0.5, 0.6) is 0 Å². The molecule has 1 aromatic rings. The van der Waals surface area contributed by atoms with Gasteiger partial charge in [0.15, 0.2) is 0 Å². The SMILES string of the molecule is Brc1ccnc2c1=CCCC=2. The van der Waals surface area contributed by atoms with Gasteiger partial charge in [-0.25, -0.2) is 0 Å². The molecule has 0 aliphatic heterocycles. The second kappa shape index (κ2) is 2.78. The number of rotatable bonds is 0. The molecule has 0 atom stereocenters. The van der Waals surface area contributed by atoms with E-state index in [9.17, 15) is 0 Å². The zero-order valence-electron chi connectivity index (χ0n) is 6.05. The summed E-state index contributed by atoms with van der Waals surface area (Å²) in [5.41, 5.74) is 0. The number of fused-ring (bicyclic) bond motifs is 1. The highest BCUT2D eigenvalue weighted by Crippen LogP contribution is 2.01. The molecule has 56 valence electrons. The van der Waals surface area contributed by atoms with Gasteiger partial charge in [-0.2, -0.15) is 0 Å². The Morgan fingerprint density at radius 2 is 2.09 bits per heavy atom. The Balaban J connectivity index is 2.88. The molecule has 0 saturated carbocycles. The highest BCUT2D eigenvalue weighted by molar-refractivity contribution is 9.10. The predicted octanol–water partition coefficient (Wildman–Crippen LogP) is 1.20. The summed E-state index contributed by atoms with van der Waals surface area (Å²) >= 11 is 3.49. The zero-order chi connectivity index (χ0) is 7.68. The molecule has 0 saturated heterocycles. The molecule has 11 heavy (non-hydrogen) atoms. The van der Waals surface area contributed by atoms with Gasteiger partial charge in [0.25, 0.3) is 0 Å². The summed E-state index contributed by atoms with van der Waals surface area (Å²) in [5, 5.41) is 2.37. The molecule has 0 N–H and O–H groups in total. The second-order valence-electron chi connectivity index (χ2n) is 2.58. The molecule has 2 rings (SSSR count). The lowest BCUT2D eigenvalue weighted by molar-refractivity contribution is 1.07. The largest absolute Gasteiger partial charge is 0.257 e. The molecule has 1 nitrogen and oxygen atoms in total. The minimum absolute atomic E-state index is 1.12. The molecular weight excluding hydrogens is 202 g/mol. The Morgan fingerprint density at radius 3 is 2.91 bits per heavy atom. The van der Waals surface area contributed by atoms with Crippen LogP contribution < -0.4 is 10.6 Å². The quantitative estimate of drug-likeness (QED) is 0.626. The van der Waals surface area contributed by atoms with E-state index >= 15 is 0 Å². The van der Waals surface area contributed by atoms with Gasteiger partial charge in [-0.3, -0.25) is 4.98 Å². The van der Waals surface area contributed by atoms with Crippen molar-refractivity contribution in [3.8, 4) is 0 Å². The highest BCUT2D eigenvalue weighted by atomic mass is 79.9. The molecule has 0 amide bonds. The van der Waals surface area contributed by atoms with Crippen molar-refractivity contribution in [2.24, 2.45) is 0 Å². The topological polar surface area (TPSA) is 12.9 Å². The zero-order valence-corrected chi connectivity index (χ0v) is 7.63. The van der Waals surface area contributed by atoms with Crippen LogP contribution in [0.3, 0.4) is 0 Å². The van der Waals surface area contributed by atoms with Gasteiger partial charge < -0.3 is 0 Å². The molecule has 0 bridgehead atoms. The van der Waals surface area contributed by atoms with Crippen molar-refractivity contribution >= 4 is 28.1 Å². The van der Waals surface area contributed by atoms with Crippen LogP contribution >= 0.6 is 15.9 Å². The smallest absolute Gasteiger partial charge is 0.0670 e. The van der Waals surface area contributed by atoms with Gasteiger partial charge in [0.1, 0.15) is 0 Å². The highest BCUT2D eigenvalue weighted by Gasteiger charge is 1.96. The van der Waals surface area contributed by atoms with Crippen molar-refractivity contribution in [1.82, 2.24) is 4.98 Å². The van der Waals surface area contributed by atoms with Gasteiger partial charge >= 0.3 is 0 Å². The van der Waals surface area contributed by atoms with Crippen molar-refractivity contribution in [3.63, 3.8) is 0 Å². The Labute approximate surface area is 73.6 Å². The average molecular weight is 210 g/mol. The molecule has 1 aliphatic carbocycles. The third-order valence-corrected chi connectivity index (χ3v) is 2.51. The standard InChI is InChI=1S/C9H8BrN/c10-8-5-6-11-9-4-2-1-3-7(8)9/h3-6H,1-2H2. The van der Waals surface area contributed by atoms with Gasteiger partial charge in [0.2, 0.25) is 0 Å². The third kappa shape index (κ3) is 1.23. The van der Waals surface area contributed by atoms with Crippen LogP contribution in [0.25, 0.3) is 12.2 Å². The molecule has 2 heteroatoms. The first kappa shape index (κ1) is 7.04. The first-order valence-electron chi connectivity index (χ1n) is 3.69. The molecule has 0 unspecified atom stereocenters. The van der Waals surface area contributed by atoms with Crippen molar-refractivity contribution in [3.05, 3.63) is 27.3 Å². The summed E-state index contributed by atoms with van der Waals surface area (Å²) in [4.78, 5) is 4.26. The molecule has 0 radical (unpaired) electrons. The fraction of sp³-hybridized carbons (Fsp3) is 0.222. The minimum atomic E-state index is 1.12. The third-order valence-electron chi connectivity index (χ3n) is 1.82. The second-order valence-corrected chi connectivity index (χ2v) is 3.43. The number of halogens is 1. The van der Waals surface area contributed by atoms with Crippen molar-refractivity contribution in [1.29, 1.82) is 0 Å². The van der Waals surface area contributed by atoms with Gasteiger partial charge in [-0.05, 0) is 18.9 Å². The predicted molar refractivity (Wildman–Crippen MR) is 49.4 cm³/mol. The van der Waals surface area contributed by atoms with E-state index in [1.807, 2.05) is 12.3 Å². The van der Waals surface area contributed by atoms with E-state index in [0.29, 0.717) is 0 Å². The van der Waals surface area contributed by atoms with Crippen LogP contribution in [-0.4, -0.2) is 4.98 Å². The van der Waals surface area contributed by atoms with Gasteiger partial charge in [0, 0.05) is 15.9 Å². The summed E-state index contributed by atoms with van der Waals surface area (Å²) in [6, 6.07) is 1.98. The maximum absolute atomic E-state index is 4.26. The number of pyridine rings is 1. The summed E-state index contributed by atoms with van der Waals surface area (Å²) in [7, 11) is 0. The lowest BCUT2D eigenvalue weighted by Crippen LogP contribution is -2.30. The normalized spacial score (nSPS) is 14.6. The minimum Gasteiger partial charge on any atom is -0.257 e. The van der Waals surface area contributed by atoms with E-state index < -0.39 is 0 Å². The lowest BCUT2D eigenvalue weighted by Gasteiger charge is -1.99. The Bertz CT molecular complexity index is 381. The molecular formula is C9H8BrN. The summed E-state index contributed by atoms with van der Waals surface area (Å²) in [6.45, 7) is 0. The number of hydrogen-bond donors (Lipinski definition) is 0. The lowest BCUT2D eigenvalue weighted by atomic mass is 10.1. The monoisotopic (exact) mass is 209 g/mol. The summed E-state index contributed by atoms with van der Waals surface area (Å²) < 4.78 is 1.15. The molecule has 1 aromatic heterocycles. The Hall–Kier alpha value is -0.630. The molecule has 0 aromatic carbocycles. The average Bonchev–Trinajstić information content (AvgIpc) is 2.06. The summed E-state index contributed by atoms with van der Waals surface area (Å²) in [5.74, 6) is 0. The van der Waals surface area contributed by atoms with Gasteiger partial charge in [0.05, 0.1) is 5.35 Å². The van der Waals surface area contributed by atoms with E-state index in [4.69, 9.17) is 0 Å². The first-order valence-corrected chi connectivity index (χ1v) is 4.48. The van der Waals surface area contributed by atoms with E-state index in [2.05, 4.69) is 33.1 Å². The molecule has 1 aliphatic rings. The first-order chi connectivity index (χ1) is 5.38. The Morgan fingerprint density at radius 1 is 1.27 bits per heavy atom. The van der Waals surface area contributed by atoms with E-state index in [-0.39, 0.29) is 0 Å². The van der Waals surface area contributed by atoms with E-state index in [1.165, 1.54) is 5.22 Å². The number of aromatic nitrogens is 1. The maximum Gasteiger partial charge on any atom is 0.0670 e. The summed E-state index contributed by atoms with van der Waals surface area (Å²) in [6.07, 6.45) is 8.50. The van der Waals surface area contributed by atoms with Crippen molar-refractivity contribution in [2.45, 2.75) is 12.8 Å². The van der Waals surface area contributed by atoms with Crippen LogP contribution in [0.15, 0.2) is 16.7 Å². The van der Waals surface area contributed by atoms with Crippen LogP contribution in [-0.2, 0) is 0 Å². The van der Waals surface area contributed by atoms with Crippen LogP contribution in [0.4, 0.5) is 0 Å². The fourth-order valence-corrected chi connectivity index (χ4v) is 1.76. The number of hydrogen-bond acceptors (Lipinski definition) is 1. The fourth-order valence-electron chi connectivity index (χ4n) is 1.28. The molecule has 0 fully saturated rings. The van der Waals surface area contributed by atoms with Crippen LogP contribution in [0, 0.1) is 0 Å². The Kier molecular flexibility index (Phi) is 1.78. The van der Waals surface area contributed by atoms with Gasteiger partial charge in [-0.15, -0.1) is 0 Å². The van der Waals surface area contributed by atoms with Crippen molar-refractivity contribution in [2.75, 3.05) is 0 Å². The number of nitrogens with zero attached hydrogens (tertiary/aromatic N) is 1. The molecule has 1 heterocycles. The van der Waals surface area contributed by atoms with Crippen LogP contribution in [0.1, 0.15) is 12.8 Å². The molecule has 0 spiro atoms. The van der Waals surface area contributed by atoms with E-state index in [1.54, 1.807) is 0 Å².